The average Bonchev–Trinajstić information content (AvgIpc) is 3.16. The Morgan fingerprint density at radius 3 is 2.61 bits per heavy atom. The quantitative estimate of drug-likeness (QED) is 0.316. The highest BCUT2D eigenvalue weighted by molar-refractivity contribution is 9.10. The van der Waals surface area contributed by atoms with Crippen molar-refractivity contribution >= 4 is 56.0 Å². The van der Waals surface area contributed by atoms with Crippen LogP contribution in [0.2, 0.25) is 0 Å². The van der Waals surface area contributed by atoms with Crippen molar-refractivity contribution in [2.75, 3.05) is 11.9 Å². The van der Waals surface area contributed by atoms with Crippen LogP contribution in [0.5, 0.6) is 5.75 Å². The lowest BCUT2D eigenvalue weighted by molar-refractivity contribution is -0.121. The first-order chi connectivity index (χ1) is 15.9. The number of halogens is 1. The standard InChI is InChI=1S/C25H22BrN3O3S/c1-15-11-16(2)24(19(26)12-15)31-14-22(30)29-25(33)27-18-9-7-17(8-10-18)13-23-28-20-5-3-4-6-21(20)32-23/h3-12H,13-14H2,1-2H3,(H2,27,29,30,33). The number of thiocarbonyl (C=S) groups is 1. The fraction of sp³-hybridized carbons (Fsp3) is 0.160. The number of nitrogens with one attached hydrogen (secondary N) is 2. The van der Waals surface area contributed by atoms with Crippen molar-refractivity contribution in [2.45, 2.75) is 20.3 Å². The molecule has 8 heteroatoms. The highest BCUT2D eigenvalue weighted by atomic mass is 79.9. The lowest BCUT2D eigenvalue weighted by Gasteiger charge is -2.13. The lowest BCUT2D eigenvalue weighted by Crippen LogP contribution is -2.37. The van der Waals surface area contributed by atoms with E-state index in [1.54, 1.807) is 0 Å². The zero-order chi connectivity index (χ0) is 23.4. The second-order valence-electron chi connectivity index (χ2n) is 7.63. The van der Waals surface area contributed by atoms with Crippen LogP contribution < -0.4 is 15.4 Å². The van der Waals surface area contributed by atoms with Gasteiger partial charge < -0.3 is 14.5 Å². The number of hydrogen-bond acceptors (Lipinski definition) is 5. The first-order valence-corrected chi connectivity index (χ1v) is 11.5. The monoisotopic (exact) mass is 523 g/mol. The maximum absolute atomic E-state index is 12.2. The van der Waals surface area contributed by atoms with Crippen LogP contribution in [-0.2, 0) is 11.2 Å². The van der Waals surface area contributed by atoms with Crippen LogP contribution in [0.25, 0.3) is 11.1 Å². The molecule has 0 atom stereocenters. The van der Waals surface area contributed by atoms with Crippen molar-refractivity contribution in [3.8, 4) is 5.75 Å². The molecule has 0 fully saturated rings. The van der Waals surface area contributed by atoms with Crippen molar-refractivity contribution in [1.82, 2.24) is 10.3 Å². The first kappa shape index (κ1) is 22.9. The van der Waals surface area contributed by atoms with E-state index in [0.29, 0.717) is 18.1 Å². The number of amides is 1. The van der Waals surface area contributed by atoms with E-state index in [2.05, 4.69) is 31.5 Å². The van der Waals surface area contributed by atoms with E-state index in [-0.39, 0.29) is 17.6 Å². The fourth-order valence-corrected chi connectivity index (χ4v) is 4.44. The minimum absolute atomic E-state index is 0.145. The van der Waals surface area contributed by atoms with Gasteiger partial charge in [-0.05, 0) is 89.0 Å². The number of nitrogens with zero attached hydrogens (tertiary/aromatic N) is 1. The van der Waals surface area contributed by atoms with E-state index in [9.17, 15) is 4.79 Å². The molecular weight excluding hydrogens is 502 g/mol. The van der Waals surface area contributed by atoms with Gasteiger partial charge in [0.1, 0.15) is 11.3 Å². The summed E-state index contributed by atoms with van der Waals surface area (Å²) in [4.78, 5) is 16.7. The molecule has 168 valence electrons. The van der Waals surface area contributed by atoms with Gasteiger partial charge >= 0.3 is 0 Å². The van der Waals surface area contributed by atoms with Crippen LogP contribution >= 0.6 is 28.1 Å². The van der Waals surface area contributed by atoms with Crippen molar-refractivity contribution in [3.63, 3.8) is 0 Å². The average molecular weight is 524 g/mol. The molecular formula is C25H22BrN3O3S. The summed E-state index contributed by atoms with van der Waals surface area (Å²) < 4.78 is 12.3. The number of anilines is 1. The van der Waals surface area contributed by atoms with Crippen molar-refractivity contribution < 1.29 is 13.9 Å². The third-order valence-electron chi connectivity index (χ3n) is 4.88. The van der Waals surface area contributed by atoms with Gasteiger partial charge in [-0.15, -0.1) is 0 Å². The van der Waals surface area contributed by atoms with Gasteiger partial charge in [-0.3, -0.25) is 10.1 Å². The van der Waals surface area contributed by atoms with Crippen LogP contribution in [0.4, 0.5) is 5.69 Å². The number of hydrogen-bond donors (Lipinski definition) is 2. The minimum atomic E-state index is -0.341. The third-order valence-corrected chi connectivity index (χ3v) is 5.67. The topological polar surface area (TPSA) is 76.4 Å². The molecule has 0 saturated carbocycles. The summed E-state index contributed by atoms with van der Waals surface area (Å²) in [6, 6.07) is 19.3. The van der Waals surface area contributed by atoms with E-state index in [0.717, 1.165) is 38.0 Å². The second-order valence-corrected chi connectivity index (χ2v) is 8.90. The van der Waals surface area contributed by atoms with E-state index in [1.807, 2.05) is 74.5 Å². The number of ether oxygens (including phenoxy) is 1. The molecule has 4 rings (SSSR count). The molecule has 0 aliphatic heterocycles. The minimum Gasteiger partial charge on any atom is -0.482 e. The summed E-state index contributed by atoms with van der Waals surface area (Å²) in [5, 5.41) is 5.85. The predicted molar refractivity (Wildman–Crippen MR) is 137 cm³/mol. The Balaban J connectivity index is 1.28. The summed E-state index contributed by atoms with van der Waals surface area (Å²) in [5.74, 6) is 0.964. The van der Waals surface area contributed by atoms with Crippen molar-refractivity contribution in [3.05, 3.63) is 87.7 Å². The summed E-state index contributed by atoms with van der Waals surface area (Å²) in [6.45, 7) is 3.79. The number of aryl methyl sites for hydroxylation is 2. The zero-order valence-corrected chi connectivity index (χ0v) is 20.5. The molecule has 0 unspecified atom stereocenters. The molecule has 0 bridgehead atoms. The number of carbonyl (C=O) groups excluding carboxylic acids is 1. The number of fused-ring (bicyclic) bond motifs is 1. The molecule has 0 aliphatic rings. The maximum Gasteiger partial charge on any atom is 0.264 e. The first-order valence-electron chi connectivity index (χ1n) is 10.3. The Morgan fingerprint density at radius 2 is 1.88 bits per heavy atom. The molecule has 0 spiro atoms. The van der Waals surface area contributed by atoms with Gasteiger partial charge in [-0.25, -0.2) is 4.98 Å². The van der Waals surface area contributed by atoms with E-state index in [1.165, 1.54) is 0 Å². The Labute approximate surface area is 205 Å². The van der Waals surface area contributed by atoms with E-state index >= 15 is 0 Å². The molecule has 33 heavy (non-hydrogen) atoms. The van der Waals surface area contributed by atoms with E-state index in [4.69, 9.17) is 21.4 Å². The summed E-state index contributed by atoms with van der Waals surface area (Å²) in [5.41, 5.74) is 5.51. The highest BCUT2D eigenvalue weighted by Crippen LogP contribution is 2.30. The Bertz CT molecular complexity index is 1260. The maximum atomic E-state index is 12.2. The molecule has 3 aromatic carbocycles. The number of carbonyl (C=O) groups is 1. The van der Waals surface area contributed by atoms with Gasteiger partial charge in [0.15, 0.2) is 23.2 Å². The molecule has 4 aromatic rings. The van der Waals surface area contributed by atoms with Gasteiger partial charge in [-0.1, -0.05) is 30.3 Å². The molecule has 0 saturated heterocycles. The molecule has 2 N–H and O–H groups in total. The van der Waals surface area contributed by atoms with Gasteiger partial charge in [0.2, 0.25) is 0 Å². The van der Waals surface area contributed by atoms with Gasteiger partial charge in [0.25, 0.3) is 5.91 Å². The Kier molecular flexibility index (Phi) is 7.05. The van der Waals surface area contributed by atoms with Gasteiger partial charge in [0.05, 0.1) is 4.47 Å². The van der Waals surface area contributed by atoms with Crippen LogP contribution in [0, 0.1) is 13.8 Å². The van der Waals surface area contributed by atoms with Crippen LogP contribution in [0.1, 0.15) is 22.6 Å². The number of rotatable bonds is 6. The fourth-order valence-electron chi connectivity index (χ4n) is 3.42. The van der Waals surface area contributed by atoms with E-state index < -0.39 is 0 Å². The SMILES string of the molecule is Cc1cc(C)c(OCC(=O)NC(=S)Nc2ccc(Cc3nc4ccccc4o3)cc2)c(Br)c1. The molecule has 1 aromatic heterocycles. The summed E-state index contributed by atoms with van der Waals surface area (Å²) >= 11 is 8.73. The Morgan fingerprint density at radius 1 is 1.12 bits per heavy atom. The number of oxazole rings is 1. The zero-order valence-electron chi connectivity index (χ0n) is 18.1. The van der Waals surface area contributed by atoms with Crippen molar-refractivity contribution in [2.24, 2.45) is 0 Å². The smallest absolute Gasteiger partial charge is 0.264 e. The molecule has 0 aliphatic carbocycles. The molecule has 6 nitrogen and oxygen atoms in total. The Hall–Kier alpha value is -3.23. The number of benzene rings is 3. The summed E-state index contributed by atoms with van der Waals surface area (Å²) in [6.07, 6.45) is 0.585. The highest BCUT2D eigenvalue weighted by Gasteiger charge is 2.11. The predicted octanol–water partition coefficient (Wildman–Crippen LogP) is 5.69. The second kappa shape index (κ2) is 10.1. The lowest BCUT2D eigenvalue weighted by atomic mass is 10.1. The van der Waals surface area contributed by atoms with Gasteiger partial charge in [0, 0.05) is 12.1 Å². The summed E-state index contributed by atoms with van der Waals surface area (Å²) in [7, 11) is 0. The largest absolute Gasteiger partial charge is 0.482 e. The van der Waals surface area contributed by atoms with Crippen LogP contribution in [-0.4, -0.2) is 22.6 Å². The third kappa shape index (κ3) is 5.97. The van der Waals surface area contributed by atoms with Crippen molar-refractivity contribution in [1.29, 1.82) is 0 Å². The number of aromatic nitrogens is 1. The van der Waals surface area contributed by atoms with Crippen LogP contribution in [0.3, 0.4) is 0 Å². The normalized spacial score (nSPS) is 10.8. The number of para-hydroxylation sites is 2. The van der Waals surface area contributed by atoms with Crippen LogP contribution in [0.15, 0.2) is 69.6 Å². The molecule has 1 heterocycles. The molecule has 0 radical (unpaired) electrons. The molecule has 1 amide bonds. The van der Waals surface area contributed by atoms with Gasteiger partial charge in [-0.2, -0.15) is 0 Å².